The van der Waals surface area contributed by atoms with Gasteiger partial charge in [0.05, 0.1) is 12.6 Å². The lowest BCUT2D eigenvalue weighted by molar-refractivity contribution is -0.149. The molecule has 0 aromatic heterocycles. The van der Waals surface area contributed by atoms with Crippen LogP contribution in [0.25, 0.3) is 0 Å². The molecule has 31 heavy (non-hydrogen) atoms. The fourth-order valence-corrected chi connectivity index (χ4v) is 5.17. The third-order valence-corrected chi connectivity index (χ3v) is 6.50. The molecule has 2 aliphatic heterocycles. The van der Waals surface area contributed by atoms with Gasteiger partial charge in [-0.25, -0.2) is 0 Å². The minimum absolute atomic E-state index is 0.111. The molecule has 0 aliphatic carbocycles. The Morgan fingerprint density at radius 3 is 2.74 bits per heavy atom. The minimum Gasteiger partial charge on any atom is -0.490 e. The van der Waals surface area contributed by atoms with E-state index in [9.17, 15) is 4.79 Å². The number of aryl methyl sites for hydroxylation is 2. The number of nitrogens with zero attached hydrogens (tertiary/aromatic N) is 1. The van der Waals surface area contributed by atoms with Crippen molar-refractivity contribution in [1.29, 1.82) is 0 Å². The predicted octanol–water partition coefficient (Wildman–Crippen LogP) is 4.32. The van der Waals surface area contributed by atoms with Gasteiger partial charge in [-0.1, -0.05) is 29.8 Å². The van der Waals surface area contributed by atoms with Crippen LogP contribution in [0, 0.1) is 19.8 Å². The van der Waals surface area contributed by atoms with Crippen LogP contribution in [-0.4, -0.2) is 34.8 Å². The molecule has 6 nitrogen and oxygen atoms in total. The summed E-state index contributed by atoms with van der Waals surface area (Å²) in [7, 11) is 0. The highest BCUT2D eigenvalue weighted by Crippen LogP contribution is 2.51. The molecule has 0 spiro atoms. The van der Waals surface area contributed by atoms with E-state index in [0.29, 0.717) is 29.8 Å². The second kappa shape index (κ2) is 8.04. The monoisotopic (exact) mass is 439 g/mol. The number of amides is 1. The summed E-state index contributed by atoms with van der Waals surface area (Å²) in [5.41, 5.74) is 2.90. The van der Waals surface area contributed by atoms with Crippen LogP contribution in [0.3, 0.4) is 0 Å². The Balaban J connectivity index is 1.79. The topological polar surface area (TPSA) is 62.8 Å². The molecule has 0 radical (unpaired) electrons. The van der Waals surface area contributed by atoms with Crippen LogP contribution in [-0.2, 0) is 4.79 Å². The van der Waals surface area contributed by atoms with Crippen molar-refractivity contribution < 1.29 is 14.3 Å². The van der Waals surface area contributed by atoms with E-state index in [-0.39, 0.29) is 11.9 Å². The lowest BCUT2D eigenvalue weighted by Crippen LogP contribution is -2.71. The van der Waals surface area contributed by atoms with Gasteiger partial charge in [0.25, 0.3) is 0 Å². The van der Waals surface area contributed by atoms with E-state index in [1.54, 1.807) is 0 Å². The molecule has 2 aromatic rings. The molecule has 2 bridgehead atoms. The van der Waals surface area contributed by atoms with Gasteiger partial charge in [-0.3, -0.25) is 4.79 Å². The molecule has 2 aliphatic rings. The molecule has 0 saturated carbocycles. The number of rotatable bonds is 5. The average Bonchev–Trinajstić information content (AvgIpc) is 2.70. The molecule has 7 heteroatoms. The smallest absolute Gasteiger partial charge is 0.236 e. The van der Waals surface area contributed by atoms with Crippen LogP contribution >= 0.6 is 12.2 Å². The first-order valence-corrected chi connectivity index (χ1v) is 11.1. The number of hydrogen-bond acceptors (Lipinski definition) is 4. The van der Waals surface area contributed by atoms with E-state index >= 15 is 0 Å². The van der Waals surface area contributed by atoms with Crippen molar-refractivity contribution in [3.63, 3.8) is 0 Å². The number of anilines is 1. The quantitative estimate of drug-likeness (QED) is 0.677. The van der Waals surface area contributed by atoms with Crippen LogP contribution in [0.1, 0.15) is 43.5 Å². The van der Waals surface area contributed by atoms with Crippen LogP contribution in [0.15, 0.2) is 36.4 Å². The Hall–Kier alpha value is -2.80. The van der Waals surface area contributed by atoms with Crippen molar-refractivity contribution in [2.75, 3.05) is 18.5 Å². The molecule has 0 unspecified atom stereocenters. The van der Waals surface area contributed by atoms with Crippen LogP contribution < -0.4 is 20.1 Å². The van der Waals surface area contributed by atoms with Crippen molar-refractivity contribution in [1.82, 2.24) is 10.2 Å². The maximum absolute atomic E-state index is 13.7. The first-order valence-electron chi connectivity index (χ1n) is 10.7. The fourth-order valence-electron chi connectivity index (χ4n) is 4.73. The summed E-state index contributed by atoms with van der Waals surface area (Å²) < 4.78 is 12.4. The Labute approximate surface area is 188 Å². The van der Waals surface area contributed by atoms with Gasteiger partial charge in [-0.15, -0.1) is 0 Å². The summed E-state index contributed by atoms with van der Waals surface area (Å²) in [5, 5.41) is 7.11. The van der Waals surface area contributed by atoms with E-state index in [2.05, 4.69) is 16.7 Å². The molecule has 1 amide bonds. The third kappa shape index (κ3) is 3.51. The van der Waals surface area contributed by atoms with Gasteiger partial charge in [0.15, 0.2) is 22.3 Å². The number of hydrogen-bond donors (Lipinski definition) is 2. The second-order valence-electron chi connectivity index (χ2n) is 8.22. The third-order valence-electron chi connectivity index (χ3n) is 6.16. The molecule has 3 atom stereocenters. The van der Waals surface area contributed by atoms with Gasteiger partial charge in [-0.2, -0.15) is 0 Å². The number of carbonyl (C=O) groups excluding carboxylic acids is 1. The molecule has 2 N–H and O–H groups in total. The number of benzene rings is 2. The van der Waals surface area contributed by atoms with Gasteiger partial charge >= 0.3 is 0 Å². The highest BCUT2D eigenvalue weighted by Gasteiger charge is 2.58. The Kier molecular flexibility index (Phi) is 5.56. The lowest BCUT2D eigenvalue weighted by atomic mass is 9.78. The van der Waals surface area contributed by atoms with Crippen molar-refractivity contribution in [2.24, 2.45) is 5.92 Å². The molecule has 2 aromatic carbocycles. The average molecular weight is 440 g/mol. The molecule has 1 saturated heterocycles. The van der Waals surface area contributed by atoms with E-state index in [0.717, 1.165) is 22.4 Å². The van der Waals surface area contributed by atoms with Gasteiger partial charge in [0.2, 0.25) is 5.91 Å². The zero-order chi connectivity index (χ0) is 22.3. The summed E-state index contributed by atoms with van der Waals surface area (Å²) in [4.78, 5) is 15.6. The summed E-state index contributed by atoms with van der Waals surface area (Å²) in [6, 6.07) is 11.5. The number of ether oxygens (including phenoxy) is 2. The number of nitrogens with one attached hydrogen (secondary N) is 2. The zero-order valence-electron chi connectivity index (χ0n) is 18.6. The molecular formula is C24H29N3O3S. The van der Waals surface area contributed by atoms with Gasteiger partial charge in [-0.05, 0) is 64.5 Å². The molecular weight excluding hydrogens is 410 g/mol. The van der Waals surface area contributed by atoms with Crippen LogP contribution in [0.2, 0.25) is 0 Å². The van der Waals surface area contributed by atoms with Gasteiger partial charge in [0.1, 0.15) is 5.92 Å². The zero-order valence-corrected chi connectivity index (χ0v) is 19.4. The maximum atomic E-state index is 13.7. The van der Waals surface area contributed by atoms with Gasteiger partial charge in [0, 0.05) is 17.8 Å². The minimum atomic E-state index is -0.954. The lowest BCUT2D eigenvalue weighted by Gasteiger charge is -2.56. The first kappa shape index (κ1) is 21.4. The largest absolute Gasteiger partial charge is 0.490 e. The van der Waals surface area contributed by atoms with Crippen LogP contribution in [0.4, 0.5) is 5.69 Å². The molecule has 4 rings (SSSR count). The van der Waals surface area contributed by atoms with Crippen molar-refractivity contribution in [3.05, 3.63) is 53.1 Å². The number of thiocarbonyl (C=S) groups is 1. The maximum Gasteiger partial charge on any atom is 0.236 e. The number of fused-ring (bicyclic) bond motifs is 4. The second-order valence-corrected chi connectivity index (χ2v) is 8.61. The van der Waals surface area contributed by atoms with E-state index in [4.69, 9.17) is 21.7 Å². The van der Waals surface area contributed by atoms with E-state index < -0.39 is 11.6 Å². The van der Waals surface area contributed by atoms with Crippen molar-refractivity contribution in [2.45, 2.75) is 46.4 Å². The van der Waals surface area contributed by atoms with Gasteiger partial charge < -0.3 is 25.0 Å². The summed E-state index contributed by atoms with van der Waals surface area (Å²) in [6.45, 7) is 11.1. The predicted molar refractivity (Wildman–Crippen MR) is 126 cm³/mol. The Morgan fingerprint density at radius 1 is 1.29 bits per heavy atom. The fraction of sp³-hybridized carbons (Fsp3) is 0.417. The summed E-state index contributed by atoms with van der Waals surface area (Å²) in [5.74, 6) is 0.709. The Morgan fingerprint density at radius 2 is 2.06 bits per heavy atom. The molecule has 1 fully saturated rings. The normalized spacial score (nSPS) is 24.0. The SMILES string of the molecule is CCOc1cccc2c1O[C@@]1(C)[C@@H](C(=O)Nc3ccc(C)cc3C)[C@H]2NC(=S)N1CC. The highest BCUT2D eigenvalue weighted by molar-refractivity contribution is 7.80. The summed E-state index contributed by atoms with van der Waals surface area (Å²) in [6.07, 6.45) is 0. The first-order chi connectivity index (χ1) is 14.8. The molecule has 2 heterocycles. The van der Waals surface area contributed by atoms with Crippen molar-refractivity contribution in [3.8, 4) is 11.5 Å². The number of carbonyl (C=O) groups is 1. The van der Waals surface area contributed by atoms with E-state index in [1.807, 2.05) is 69.9 Å². The van der Waals surface area contributed by atoms with E-state index in [1.165, 1.54) is 0 Å². The standard InChI is InChI=1S/C24H29N3O3S/c1-6-27-23(31)26-20-16-9-8-10-18(29-7-2)21(16)30-24(27,5)19(20)22(28)25-17-12-11-14(3)13-15(17)4/h8-13,19-20H,6-7H2,1-5H3,(H,25,28)(H,26,31)/t19-,20+,24+/m1/s1. The van der Waals surface area contributed by atoms with Crippen molar-refractivity contribution >= 4 is 28.9 Å². The van der Waals surface area contributed by atoms with Crippen LogP contribution in [0.5, 0.6) is 11.5 Å². The summed E-state index contributed by atoms with van der Waals surface area (Å²) >= 11 is 5.64. The molecule has 164 valence electrons. The Bertz CT molecular complexity index is 1040. The highest BCUT2D eigenvalue weighted by atomic mass is 32.1. The number of para-hydroxylation sites is 1.